The van der Waals surface area contributed by atoms with Crippen molar-refractivity contribution in [2.75, 3.05) is 11.5 Å². The number of carbonyl (C=O) groups is 2. The molecule has 3 aromatic carbocycles. The van der Waals surface area contributed by atoms with E-state index >= 15 is 0 Å². The number of aromatic nitrogens is 4. The molecule has 4 aromatic rings. The molecule has 0 aliphatic carbocycles. The number of amides is 1. The number of esters is 1. The molecule has 2 aliphatic rings. The summed E-state index contributed by atoms with van der Waals surface area (Å²) in [7, 11) is 1.76. The van der Waals surface area contributed by atoms with Crippen LogP contribution in [0.25, 0.3) is 0 Å². The Bertz CT molecular complexity index is 1870. The lowest BCUT2D eigenvalue weighted by Gasteiger charge is -2.48. The van der Waals surface area contributed by atoms with Crippen LogP contribution in [0, 0.1) is 0 Å². The van der Waals surface area contributed by atoms with Gasteiger partial charge in [0.05, 0.1) is 0 Å². The Morgan fingerprint density at radius 2 is 1.60 bits per heavy atom. The summed E-state index contributed by atoms with van der Waals surface area (Å²) in [6.45, 7) is 12.4. The Hall–Kier alpha value is -4.42. The molecule has 260 valence electrons. The Kier molecular flexibility index (Phi) is 9.96. The number of rotatable bonds is 9. The van der Waals surface area contributed by atoms with Crippen LogP contribution in [0.2, 0.25) is 0 Å². The lowest BCUT2D eigenvalue weighted by Crippen LogP contribution is -2.64. The highest BCUT2D eigenvalue weighted by atomic mass is 32.2. The van der Waals surface area contributed by atoms with Crippen LogP contribution in [0.3, 0.4) is 0 Å². The summed E-state index contributed by atoms with van der Waals surface area (Å²) in [5, 5.41) is 23.1. The monoisotopic (exact) mass is 710 g/mol. The van der Waals surface area contributed by atoms with Crippen molar-refractivity contribution in [2.24, 2.45) is 12.0 Å². The normalized spacial score (nSPS) is 18.1. The molecule has 0 unspecified atom stereocenters. The predicted octanol–water partition coefficient (Wildman–Crippen LogP) is 6.59. The fourth-order valence-electron chi connectivity index (χ4n) is 6.05. The maximum absolute atomic E-state index is 14.3. The van der Waals surface area contributed by atoms with Crippen molar-refractivity contribution < 1.29 is 19.4 Å². The summed E-state index contributed by atoms with van der Waals surface area (Å²) >= 11 is 2.97. The van der Waals surface area contributed by atoms with E-state index in [1.165, 1.54) is 11.8 Å². The van der Waals surface area contributed by atoms with Gasteiger partial charge in [-0.1, -0.05) is 114 Å². The molecule has 12 heteroatoms. The first kappa shape index (κ1) is 35.4. The SMILES string of the molecule is Cn1nnnc1SCC1=C(C(=O)OC(c2ccccc2)c2ccccc2)N2C(=O)[C@@H](N=Cc3cc(C(C)(C)C)c(O)c(C(C)(C)C)c3)[C@H]2SC1. The summed E-state index contributed by atoms with van der Waals surface area (Å²) in [5.74, 6) is 0.354. The second-order valence-corrected chi connectivity index (χ2v) is 16.6. The standard InChI is InChI=1S/C38H42N6O4S2/c1-37(2,3)27-18-23(19-28(31(27)45)38(4,5)6)20-39-29-33(46)44-30(26(21-49-34(29)44)22-50-36-40-41-42-43(36)7)35(47)48-32(24-14-10-8-11-15-24)25-16-12-9-13-17-25/h8-20,29,32,34,45H,21-22H2,1-7H3/t29-,34-/m1/s1. The molecule has 0 spiro atoms. The van der Waals surface area contributed by atoms with E-state index in [2.05, 4.69) is 57.1 Å². The second-order valence-electron chi connectivity index (χ2n) is 14.5. The summed E-state index contributed by atoms with van der Waals surface area (Å²) < 4.78 is 7.87. The Labute approximate surface area is 301 Å². The Balaban J connectivity index is 1.32. The molecule has 2 aliphatic heterocycles. The lowest BCUT2D eigenvalue weighted by molar-refractivity contribution is -0.153. The topological polar surface area (TPSA) is 123 Å². The third-order valence-electron chi connectivity index (χ3n) is 8.73. The van der Waals surface area contributed by atoms with E-state index in [0.717, 1.165) is 33.4 Å². The largest absolute Gasteiger partial charge is 0.507 e. The molecule has 1 aromatic heterocycles. The van der Waals surface area contributed by atoms with Crippen molar-refractivity contribution in [1.82, 2.24) is 25.1 Å². The van der Waals surface area contributed by atoms with Crippen molar-refractivity contribution in [1.29, 1.82) is 0 Å². The van der Waals surface area contributed by atoms with Gasteiger partial charge in [-0.3, -0.25) is 14.7 Å². The zero-order valence-electron chi connectivity index (χ0n) is 29.3. The molecule has 1 N–H and O–H groups in total. The predicted molar refractivity (Wildman–Crippen MR) is 197 cm³/mol. The van der Waals surface area contributed by atoms with Gasteiger partial charge >= 0.3 is 5.97 Å². The van der Waals surface area contributed by atoms with E-state index < -0.39 is 18.1 Å². The van der Waals surface area contributed by atoms with Crippen LogP contribution >= 0.6 is 23.5 Å². The van der Waals surface area contributed by atoms with E-state index in [4.69, 9.17) is 9.73 Å². The van der Waals surface area contributed by atoms with Gasteiger partial charge in [0.2, 0.25) is 5.16 Å². The molecule has 0 radical (unpaired) electrons. The number of tetrazole rings is 1. The molecule has 50 heavy (non-hydrogen) atoms. The van der Waals surface area contributed by atoms with E-state index in [1.807, 2.05) is 72.8 Å². The number of aryl methyl sites for hydroxylation is 1. The summed E-state index contributed by atoms with van der Waals surface area (Å²) in [6.07, 6.45) is 1.05. The molecule has 1 amide bonds. The zero-order chi connectivity index (χ0) is 35.8. The molecular weight excluding hydrogens is 669 g/mol. The number of carbonyl (C=O) groups excluding carboxylic acids is 2. The number of β-lactam (4-membered cyclic amide) rings is 1. The first-order valence-corrected chi connectivity index (χ1v) is 18.5. The van der Waals surface area contributed by atoms with Crippen LogP contribution in [0.1, 0.15) is 75.5 Å². The van der Waals surface area contributed by atoms with Gasteiger partial charge in [0.25, 0.3) is 5.91 Å². The number of phenols is 1. The average molecular weight is 711 g/mol. The number of fused-ring (bicyclic) bond motifs is 1. The van der Waals surface area contributed by atoms with Crippen LogP contribution in [-0.4, -0.2) is 71.2 Å². The quantitative estimate of drug-likeness (QED) is 0.0887. The number of hydrogen-bond acceptors (Lipinski definition) is 10. The summed E-state index contributed by atoms with van der Waals surface area (Å²) in [5.41, 5.74) is 4.51. The maximum atomic E-state index is 14.3. The maximum Gasteiger partial charge on any atom is 0.356 e. The molecule has 0 bridgehead atoms. The first-order chi connectivity index (χ1) is 23.7. The first-order valence-electron chi connectivity index (χ1n) is 16.5. The van der Waals surface area contributed by atoms with Crippen LogP contribution in [-0.2, 0) is 32.2 Å². The number of aromatic hydroxyl groups is 1. The number of phenolic OH excluding ortho intramolecular Hbond substituents is 1. The van der Waals surface area contributed by atoms with Crippen molar-refractivity contribution >= 4 is 41.6 Å². The minimum atomic E-state index is -0.677. The van der Waals surface area contributed by atoms with Crippen molar-refractivity contribution in [2.45, 2.75) is 75.0 Å². The van der Waals surface area contributed by atoms with Gasteiger partial charge in [0, 0.05) is 35.9 Å². The minimum Gasteiger partial charge on any atom is -0.507 e. The number of nitrogens with zero attached hydrogens (tertiary/aromatic N) is 6. The number of benzene rings is 3. The van der Waals surface area contributed by atoms with Gasteiger partial charge in [-0.2, -0.15) is 0 Å². The molecular formula is C38H42N6O4S2. The third-order valence-corrected chi connectivity index (χ3v) is 11.2. The van der Waals surface area contributed by atoms with Crippen LogP contribution in [0.15, 0.2) is 94.2 Å². The summed E-state index contributed by atoms with van der Waals surface area (Å²) in [6, 6.07) is 22.4. The van der Waals surface area contributed by atoms with Crippen molar-refractivity contribution in [3.63, 3.8) is 0 Å². The average Bonchev–Trinajstić information content (AvgIpc) is 3.50. The molecule has 3 heterocycles. The highest BCUT2D eigenvalue weighted by Gasteiger charge is 2.54. The molecule has 10 nitrogen and oxygen atoms in total. The summed E-state index contributed by atoms with van der Waals surface area (Å²) in [4.78, 5) is 34.6. The van der Waals surface area contributed by atoms with E-state index in [0.29, 0.717) is 16.7 Å². The van der Waals surface area contributed by atoms with Crippen LogP contribution in [0.5, 0.6) is 5.75 Å². The molecule has 0 saturated carbocycles. The van der Waals surface area contributed by atoms with Gasteiger partial charge in [0.1, 0.15) is 16.8 Å². The molecule has 1 saturated heterocycles. The fourth-order valence-corrected chi connectivity index (χ4v) is 8.38. The Morgan fingerprint density at radius 3 is 2.12 bits per heavy atom. The van der Waals surface area contributed by atoms with Gasteiger partial charge in [-0.05, 0) is 55.7 Å². The van der Waals surface area contributed by atoms with E-state index in [9.17, 15) is 14.7 Å². The highest BCUT2D eigenvalue weighted by molar-refractivity contribution is 8.01. The zero-order valence-corrected chi connectivity index (χ0v) is 31.0. The van der Waals surface area contributed by atoms with Gasteiger partial charge in [-0.15, -0.1) is 16.9 Å². The third kappa shape index (κ3) is 7.22. The lowest BCUT2D eigenvalue weighted by atomic mass is 9.78. The number of thioether (sulfide) groups is 2. The van der Waals surface area contributed by atoms with Crippen LogP contribution < -0.4 is 0 Å². The number of aliphatic imine (C=N–C) groups is 1. The number of ether oxygens (including phenoxy) is 1. The van der Waals surface area contributed by atoms with Crippen molar-refractivity contribution in [3.8, 4) is 5.75 Å². The molecule has 1 fully saturated rings. The highest BCUT2D eigenvalue weighted by Crippen LogP contribution is 2.44. The van der Waals surface area contributed by atoms with Gasteiger partial charge < -0.3 is 9.84 Å². The smallest absolute Gasteiger partial charge is 0.356 e. The minimum absolute atomic E-state index is 0.249. The molecule has 6 rings (SSSR count). The van der Waals surface area contributed by atoms with Crippen LogP contribution in [0.4, 0.5) is 0 Å². The molecule has 2 atom stereocenters. The Morgan fingerprint density at radius 1 is 1.02 bits per heavy atom. The van der Waals surface area contributed by atoms with Gasteiger partial charge in [0.15, 0.2) is 12.1 Å². The second kappa shape index (κ2) is 14.1. The number of hydrogen-bond donors (Lipinski definition) is 1. The van der Waals surface area contributed by atoms with E-state index in [-0.39, 0.29) is 33.6 Å². The fraction of sp³-hybridized carbons (Fsp3) is 0.368. The van der Waals surface area contributed by atoms with E-state index in [1.54, 1.807) is 34.6 Å². The van der Waals surface area contributed by atoms with Gasteiger partial charge in [-0.25, -0.2) is 9.48 Å². The van der Waals surface area contributed by atoms with Crippen molar-refractivity contribution in [3.05, 3.63) is 112 Å².